The Morgan fingerprint density at radius 1 is 1.50 bits per heavy atom. The predicted octanol–water partition coefficient (Wildman–Crippen LogP) is 1.29. The van der Waals surface area contributed by atoms with Crippen LogP contribution < -0.4 is 0 Å². The molecule has 0 aliphatic rings. The molecule has 0 saturated carbocycles. The fourth-order valence-electron chi connectivity index (χ4n) is 0.873. The molecule has 1 N–H and O–H groups in total. The number of aromatic amines is 1. The van der Waals surface area contributed by atoms with Gasteiger partial charge in [0.15, 0.2) is 0 Å². The van der Waals surface area contributed by atoms with Crippen molar-refractivity contribution in [3.63, 3.8) is 0 Å². The molecule has 0 aliphatic heterocycles. The molecule has 7 nitrogen and oxygen atoms in total. The van der Waals surface area contributed by atoms with Gasteiger partial charge in [-0.05, 0) is 11.6 Å². The highest BCUT2D eigenvalue weighted by molar-refractivity contribution is 5.81. The summed E-state index contributed by atoms with van der Waals surface area (Å²) < 4.78 is 0. The second-order valence-corrected chi connectivity index (χ2v) is 2.02. The van der Waals surface area contributed by atoms with Gasteiger partial charge in [0.2, 0.25) is 5.65 Å². The van der Waals surface area contributed by atoms with Gasteiger partial charge in [0.05, 0.1) is 5.69 Å². The Kier molecular flexibility index (Phi) is 1.36. The van der Waals surface area contributed by atoms with E-state index < -0.39 is 0 Å². The number of rotatable bonds is 1. The van der Waals surface area contributed by atoms with Gasteiger partial charge >= 0.3 is 0 Å². The monoisotopic (exact) mass is 161 g/mol. The van der Waals surface area contributed by atoms with Crippen LogP contribution in [0.25, 0.3) is 21.6 Å². The first-order valence-electron chi connectivity index (χ1n) is 3.12. The molecule has 7 heteroatoms. The van der Waals surface area contributed by atoms with Gasteiger partial charge in [-0.25, -0.2) is 4.98 Å². The highest BCUT2D eigenvalue weighted by Gasteiger charge is 2.02. The van der Waals surface area contributed by atoms with Crippen LogP contribution in [0.3, 0.4) is 0 Å². The van der Waals surface area contributed by atoms with Gasteiger partial charge in [-0.1, -0.05) is 5.11 Å². The highest BCUT2D eigenvalue weighted by Crippen LogP contribution is 2.19. The third kappa shape index (κ3) is 0.850. The number of hydrogen-bond acceptors (Lipinski definition) is 4. The zero-order chi connectivity index (χ0) is 8.39. The van der Waals surface area contributed by atoms with Crippen molar-refractivity contribution in [1.82, 2.24) is 20.4 Å². The van der Waals surface area contributed by atoms with Crippen molar-refractivity contribution in [2.75, 3.05) is 0 Å². The van der Waals surface area contributed by atoms with Crippen LogP contribution in [0.15, 0.2) is 17.4 Å². The van der Waals surface area contributed by atoms with E-state index in [-0.39, 0.29) is 0 Å². The quantitative estimate of drug-likeness (QED) is 0.387. The van der Waals surface area contributed by atoms with Gasteiger partial charge in [-0.15, -0.1) is 5.10 Å². The van der Waals surface area contributed by atoms with E-state index in [1.165, 1.54) is 6.20 Å². The van der Waals surface area contributed by atoms with E-state index >= 15 is 0 Å². The molecule has 0 unspecified atom stereocenters. The summed E-state index contributed by atoms with van der Waals surface area (Å²) in [7, 11) is 0. The second-order valence-electron chi connectivity index (χ2n) is 2.02. The number of H-pyrrole nitrogens is 1. The minimum Gasteiger partial charge on any atom is -0.234 e. The lowest BCUT2D eigenvalue weighted by molar-refractivity contribution is 0.954. The van der Waals surface area contributed by atoms with Crippen LogP contribution in [0.4, 0.5) is 5.69 Å². The number of fused-ring (bicyclic) bond motifs is 1. The van der Waals surface area contributed by atoms with Gasteiger partial charge in [-0.2, -0.15) is 10.3 Å². The van der Waals surface area contributed by atoms with Crippen LogP contribution in [0, 0.1) is 0 Å². The molecular formula is C5H3N7. The molecule has 12 heavy (non-hydrogen) atoms. The van der Waals surface area contributed by atoms with Crippen LogP contribution in [0.2, 0.25) is 0 Å². The number of pyridine rings is 1. The summed E-state index contributed by atoms with van der Waals surface area (Å²) in [6.45, 7) is 0. The topological polar surface area (TPSA) is 103 Å². The molecular weight excluding hydrogens is 158 g/mol. The maximum absolute atomic E-state index is 8.20. The molecule has 2 aromatic heterocycles. The second kappa shape index (κ2) is 2.48. The van der Waals surface area contributed by atoms with Crippen molar-refractivity contribution in [1.29, 1.82) is 0 Å². The normalized spacial score (nSPS) is 9.67. The van der Waals surface area contributed by atoms with Crippen LogP contribution in [-0.2, 0) is 0 Å². The fraction of sp³-hybridized carbons (Fsp3) is 0. The van der Waals surface area contributed by atoms with E-state index in [4.69, 9.17) is 5.53 Å². The van der Waals surface area contributed by atoms with E-state index in [0.29, 0.717) is 16.9 Å². The molecule has 0 spiro atoms. The Bertz CT molecular complexity index is 452. The van der Waals surface area contributed by atoms with Crippen molar-refractivity contribution in [3.8, 4) is 0 Å². The average Bonchev–Trinajstić information content (AvgIpc) is 2.53. The summed E-state index contributed by atoms with van der Waals surface area (Å²) >= 11 is 0. The van der Waals surface area contributed by atoms with Gasteiger partial charge < -0.3 is 0 Å². The molecule has 2 aromatic rings. The molecule has 0 aliphatic carbocycles. The predicted molar refractivity (Wildman–Crippen MR) is 40.5 cm³/mol. The maximum atomic E-state index is 8.20. The minimum atomic E-state index is 0.427. The van der Waals surface area contributed by atoms with Crippen molar-refractivity contribution in [2.24, 2.45) is 5.11 Å². The molecule has 0 saturated heterocycles. The summed E-state index contributed by atoms with van der Waals surface area (Å²) in [5.41, 5.74) is 9.55. The Balaban J connectivity index is 2.81. The average molecular weight is 161 g/mol. The highest BCUT2D eigenvalue weighted by atomic mass is 15.3. The molecule has 0 fully saturated rings. The number of nitrogens with zero attached hydrogens (tertiary/aromatic N) is 6. The van der Waals surface area contributed by atoms with Crippen molar-refractivity contribution in [2.45, 2.75) is 0 Å². The Labute approximate surface area is 66.1 Å². The van der Waals surface area contributed by atoms with Crippen LogP contribution in [0.5, 0.6) is 0 Å². The Hall–Kier alpha value is -2.14. The first kappa shape index (κ1) is 6.56. The van der Waals surface area contributed by atoms with E-state index in [1.807, 2.05) is 0 Å². The lowest BCUT2D eigenvalue weighted by Crippen LogP contribution is -1.74. The maximum Gasteiger partial charge on any atom is 0.202 e. The van der Waals surface area contributed by atoms with Crippen LogP contribution in [0.1, 0.15) is 0 Å². The third-order valence-electron chi connectivity index (χ3n) is 1.35. The third-order valence-corrected chi connectivity index (χ3v) is 1.35. The Morgan fingerprint density at radius 3 is 3.25 bits per heavy atom. The summed E-state index contributed by atoms with van der Waals surface area (Å²) in [4.78, 5) is 6.55. The van der Waals surface area contributed by atoms with E-state index in [1.54, 1.807) is 6.07 Å². The lowest BCUT2D eigenvalue weighted by Gasteiger charge is -1.87. The Morgan fingerprint density at radius 2 is 2.42 bits per heavy atom. The van der Waals surface area contributed by atoms with Gasteiger partial charge in [0.1, 0.15) is 5.52 Å². The van der Waals surface area contributed by atoms with Crippen molar-refractivity contribution < 1.29 is 0 Å². The number of hydrogen-bond donors (Lipinski definition) is 1. The summed E-state index contributed by atoms with van der Waals surface area (Å²) in [6.07, 6.45) is 1.51. The largest absolute Gasteiger partial charge is 0.234 e. The summed E-state index contributed by atoms with van der Waals surface area (Å²) in [5, 5.41) is 13.3. The van der Waals surface area contributed by atoms with E-state index in [9.17, 15) is 0 Å². The zero-order valence-corrected chi connectivity index (χ0v) is 5.84. The van der Waals surface area contributed by atoms with Gasteiger partial charge in [0.25, 0.3) is 0 Å². The number of azide groups is 1. The first-order chi connectivity index (χ1) is 5.92. The molecule has 58 valence electrons. The van der Waals surface area contributed by atoms with Crippen molar-refractivity contribution >= 4 is 16.9 Å². The fourth-order valence-corrected chi connectivity index (χ4v) is 0.873. The zero-order valence-electron chi connectivity index (χ0n) is 5.84. The van der Waals surface area contributed by atoms with Crippen LogP contribution >= 0.6 is 0 Å². The standard InChI is InChI=1S/C5H3N7/c6-11-8-3-1-2-7-5-4(3)9-12-10-5/h1-2H,(H,7,9,10,12). The van der Waals surface area contributed by atoms with Crippen LogP contribution in [-0.4, -0.2) is 20.4 Å². The van der Waals surface area contributed by atoms with E-state index in [2.05, 4.69) is 30.4 Å². The molecule has 0 bridgehead atoms. The molecule has 2 rings (SSSR count). The van der Waals surface area contributed by atoms with Gasteiger partial charge in [-0.3, -0.25) is 0 Å². The number of nitrogens with one attached hydrogen (secondary N) is 1. The summed E-state index contributed by atoms with van der Waals surface area (Å²) in [6, 6.07) is 1.57. The molecule has 0 atom stereocenters. The summed E-state index contributed by atoms with van der Waals surface area (Å²) in [5.74, 6) is 0. The van der Waals surface area contributed by atoms with Crippen molar-refractivity contribution in [3.05, 3.63) is 22.7 Å². The van der Waals surface area contributed by atoms with E-state index in [0.717, 1.165) is 0 Å². The molecule has 0 radical (unpaired) electrons. The molecule has 0 aromatic carbocycles. The minimum absolute atomic E-state index is 0.427. The molecule has 0 amide bonds. The molecule has 2 heterocycles. The van der Waals surface area contributed by atoms with Gasteiger partial charge in [0, 0.05) is 11.1 Å². The first-order valence-corrected chi connectivity index (χ1v) is 3.12. The lowest BCUT2D eigenvalue weighted by atomic mass is 10.4. The SMILES string of the molecule is [N-]=[N+]=Nc1ccnc2n[nH]nc12. The number of aromatic nitrogens is 4. The smallest absolute Gasteiger partial charge is 0.202 e.